The third-order valence-corrected chi connectivity index (χ3v) is 3.50. The lowest BCUT2D eigenvalue weighted by molar-refractivity contribution is 0.0927. The van der Waals surface area contributed by atoms with Crippen molar-refractivity contribution < 1.29 is 9.53 Å². The van der Waals surface area contributed by atoms with Crippen molar-refractivity contribution in [3.05, 3.63) is 70.8 Å². The largest absolute Gasteiger partial charge is 0.487 e. The molecule has 0 saturated heterocycles. The fraction of sp³-hybridized carbons (Fsp3) is 0.167. The number of pyridine rings is 2. The van der Waals surface area contributed by atoms with Crippen LogP contribution in [0.4, 0.5) is 0 Å². The van der Waals surface area contributed by atoms with Crippen LogP contribution in [-0.4, -0.2) is 28.5 Å². The molecular formula is C18H17N3O3. The average Bonchev–Trinajstić information content (AvgIpc) is 2.60. The third kappa shape index (κ3) is 3.60. The zero-order valence-corrected chi connectivity index (χ0v) is 13.2. The number of nitrogens with zero attached hydrogens (tertiary/aromatic N) is 1. The van der Waals surface area contributed by atoms with Gasteiger partial charge in [-0.1, -0.05) is 12.1 Å². The van der Waals surface area contributed by atoms with E-state index in [-0.39, 0.29) is 23.1 Å². The molecule has 0 radical (unpaired) electrons. The number of H-pyrrole nitrogens is 1. The molecule has 3 rings (SSSR count). The molecule has 0 fully saturated rings. The van der Waals surface area contributed by atoms with Crippen LogP contribution in [0.5, 0.6) is 5.75 Å². The maximum Gasteiger partial charge on any atom is 0.267 e. The first-order valence-electron chi connectivity index (χ1n) is 7.60. The lowest BCUT2D eigenvalue weighted by atomic mass is 10.2. The number of aromatic nitrogens is 2. The molecule has 1 aromatic carbocycles. The van der Waals surface area contributed by atoms with Gasteiger partial charge >= 0.3 is 0 Å². The van der Waals surface area contributed by atoms with Gasteiger partial charge in [0.15, 0.2) is 5.43 Å². The van der Waals surface area contributed by atoms with E-state index >= 15 is 0 Å². The highest BCUT2D eigenvalue weighted by molar-refractivity contribution is 5.94. The van der Waals surface area contributed by atoms with Crippen LogP contribution in [0.2, 0.25) is 0 Å². The number of hydrogen-bond acceptors (Lipinski definition) is 4. The average molecular weight is 323 g/mol. The number of ether oxygens (including phenoxy) is 1. The smallest absolute Gasteiger partial charge is 0.267 e. The Balaban J connectivity index is 1.66. The van der Waals surface area contributed by atoms with Crippen molar-refractivity contribution in [1.29, 1.82) is 0 Å². The Hall–Kier alpha value is -3.15. The molecule has 2 aromatic heterocycles. The zero-order chi connectivity index (χ0) is 16.9. The minimum atomic E-state index is -0.348. The van der Waals surface area contributed by atoms with Crippen molar-refractivity contribution in [3.63, 3.8) is 0 Å². The van der Waals surface area contributed by atoms with Gasteiger partial charge in [-0.2, -0.15) is 0 Å². The van der Waals surface area contributed by atoms with Gasteiger partial charge in [0.05, 0.1) is 12.7 Å². The Bertz CT molecular complexity index is 906. The lowest BCUT2D eigenvalue weighted by Crippen LogP contribution is -2.34. The van der Waals surface area contributed by atoms with Crippen molar-refractivity contribution in [2.45, 2.75) is 13.0 Å². The molecule has 122 valence electrons. The van der Waals surface area contributed by atoms with Crippen LogP contribution in [0.25, 0.3) is 10.9 Å². The quantitative estimate of drug-likeness (QED) is 0.753. The minimum absolute atomic E-state index is 0.186. The summed E-state index contributed by atoms with van der Waals surface area (Å²) in [5.41, 5.74) is 0.677. The molecule has 6 heteroatoms. The molecule has 3 aromatic rings. The van der Waals surface area contributed by atoms with Crippen LogP contribution in [0, 0.1) is 0 Å². The summed E-state index contributed by atoms with van der Waals surface area (Å²) in [6.45, 7) is 2.15. The summed E-state index contributed by atoms with van der Waals surface area (Å²) in [6, 6.07) is 12.0. The summed E-state index contributed by atoms with van der Waals surface area (Å²) in [7, 11) is 0. The number of benzene rings is 1. The highest BCUT2D eigenvalue weighted by atomic mass is 16.5. The van der Waals surface area contributed by atoms with E-state index in [1.165, 1.54) is 6.07 Å². The van der Waals surface area contributed by atoms with E-state index in [4.69, 9.17) is 4.74 Å². The lowest BCUT2D eigenvalue weighted by Gasteiger charge is -2.15. The molecule has 2 N–H and O–H groups in total. The predicted molar refractivity (Wildman–Crippen MR) is 91.2 cm³/mol. The Labute approximate surface area is 138 Å². The monoisotopic (exact) mass is 323 g/mol. The molecule has 6 nitrogen and oxygen atoms in total. The van der Waals surface area contributed by atoms with Crippen LogP contribution < -0.4 is 15.5 Å². The second-order valence-electron chi connectivity index (χ2n) is 5.42. The van der Waals surface area contributed by atoms with Crippen LogP contribution in [0.1, 0.15) is 17.4 Å². The summed E-state index contributed by atoms with van der Waals surface area (Å²) < 4.78 is 5.65. The van der Waals surface area contributed by atoms with E-state index in [0.29, 0.717) is 23.2 Å². The third-order valence-electron chi connectivity index (χ3n) is 3.50. The Morgan fingerprint density at radius 1 is 1.29 bits per heavy atom. The number of hydrogen-bond donors (Lipinski definition) is 2. The van der Waals surface area contributed by atoms with Gasteiger partial charge in [0.1, 0.15) is 17.5 Å². The predicted octanol–water partition coefficient (Wildman–Crippen LogP) is 2.12. The first-order valence-corrected chi connectivity index (χ1v) is 7.60. The minimum Gasteiger partial charge on any atom is -0.487 e. The van der Waals surface area contributed by atoms with Crippen LogP contribution in [0.15, 0.2) is 59.7 Å². The van der Waals surface area contributed by atoms with E-state index in [9.17, 15) is 9.59 Å². The van der Waals surface area contributed by atoms with E-state index in [1.54, 1.807) is 42.7 Å². The fourth-order valence-corrected chi connectivity index (χ4v) is 2.34. The number of rotatable bonds is 5. The van der Waals surface area contributed by atoms with Crippen molar-refractivity contribution in [2.75, 3.05) is 6.54 Å². The second kappa shape index (κ2) is 6.95. The first kappa shape index (κ1) is 15.7. The highest BCUT2D eigenvalue weighted by Crippen LogP contribution is 2.09. The zero-order valence-electron chi connectivity index (χ0n) is 13.2. The van der Waals surface area contributed by atoms with E-state index in [1.807, 2.05) is 13.0 Å². The number of fused-ring (bicyclic) bond motifs is 1. The molecule has 1 atom stereocenters. The van der Waals surface area contributed by atoms with Crippen molar-refractivity contribution in [2.24, 2.45) is 0 Å². The van der Waals surface area contributed by atoms with Gasteiger partial charge < -0.3 is 15.0 Å². The standard InChI is InChI=1S/C18H17N3O3/c1-12(24-13-5-4-8-19-11-13)10-20-18(23)16-9-17(22)14-6-2-3-7-15(14)21-16/h2-9,11-12H,10H2,1H3,(H,20,23)(H,21,22)/t12-/m1/s1. The molecular weight excluding hydrogens is 306 g/mol. The number of carbonyl (C=O) groups excluding carboxylic acids is 1. The van der Waals surface area contributed by atoms with Gasteiger partial charge in [0.25, 0.3) is 5.91 Å². The second-order valence-corrected chi connectivity index (χ2v) is 5.42. The molecule has 0 bridgehead atoms. The van der Waals surface area contributed by atoms with Crippen LogP contribution in [0.3, 0.4) is 0 Å². The molecule has 2 heterocycles. The molecule has 0 unspecified atom stereocenters. The van der Waals surface area contributed by atoms with Crippen LogP contribution >= 0.6 is 0 Å². The molecule has 0 aliphatic carbocycles. The van der Waals surface area contributed by atoms with Gasteiger partial charge in [-0.15, -0.1) is 0 Å². The van der Waals surface area contributed by atoms with Gasteiger partial charge in [0, 0.05) is 23.2 Å². The molecule has 0 saturated carbocycles. The van der Waals surface area contributed by atoms with Gasteiger partial charge in [-0.05, 0) is 31.2 Å². The van der Waals surface area contributed by atoms with Gasteiger partial charge in [-0.3, -0.25) is 14.6 Å². The SMILES string of the molecule is C[C@H](CNC(=O)c1cc(=O)c2ccccc2[nH]1)Oc1cccnc1. The van der Waals surface area contributed by atoms with Crippen molar-refractivity contribution >= 4 is 16.8 Å². The molecule has 1 amide bonds. The number of aromatic amines is 1. The van der Waals surface area contributed by atoms with Crippen molar-refractivity contribution in [3.8, 4) is 5.75 Å². The van der Waals surface area contributed by atoms with Crippen molar-refractivity contribution in [1.82, 2.24) is 15.3 Å². The highest BCUT2D eigenvalue weighted by Gasteiger charge is 2.11. The number of para-hydroxylation sites is 1. The molecule has 0 aliphatic rings. The fourth-order valence-electron chi connectivity index (χ4n) is 2.34. The molecule has 0 spiro atoms. The summed E-state index contributed by atoms with van der Waals surface area (Å²) in [5, 5.41) is 3.31. The van der Waals surface area contributed by atoms with Gasteiger partial charge in [0.2, 0.25) is 0 Å². The topological polar surface area (TPSA) is 84.1 Å². The first-order chi connectivity index (χ1) is 11.6. The molecule has 24 heavy (non-hydrogen) atoms. The Morgan fingerprint density at radius 2 is 2.12 bits per heavy atom. The maximum absolute atomic E-state index is 12.2. The Kier molecular flexibility index (Phi) is 4.56. The number of nitrogens with one attached hydrogen (secondary N) is 2. The van der Waals surface area contributed by atoms with Crippen LogP contribution in [-0.2, 0) is 0 Å². The summed E-state index contributed by atoms with van der Waals surface area (Å²) in [6.07, 6.45) is 3.04. The Morgan fingerprint density at radius 3 is 2.92 bits per heavy atom. The van der Waals surface area contributed by atoms with Gasteiger partial charge in [-0.25, -0.2) is 0 Å². The number of amides is 1. The summed E-state index contributed by atoms with van der Waals surface area (Å²) in [4.78, 5) is 31.2. The summed E-state index contributed by atoms with van der Waals surface area (Å²) in [5.74, 6) is 0.290. The van der Waals surface area contributed by atoms with E-state index in [2.05, 4.69) is 15.3 Å². The summed E-state index contributed by atoms with van der Waals surface area (Å²) >= 11 is 0. The number of carbonyl (C=O) groups is 1. The molecule has 0 aliphatic heterocycles. The maximum atomic E-state index is 12.2. The normalized spacial score (nSPS) is 11.9. The van der Waals surface area contributed by atoms with E-state index < -0.39 is 0 Å². The van der Waals surface area contributed by atoms with E-state index in [0.717, 1.165) is 0 Å².